The molecule has 3 nitrogen and oxygen atoms in total. The fraction of sp³-hybridized carbons (Fsp3) is 0.235. The van der Waals surface area contributed by atoms with Crippen LogP contribution >= 0.6 is 0 Å². The van der Waals surface area contributed by atoms with Crippen LogP contribution in [0.2, 0.25) is 0 Å². The van der Waals surface area contributed by atoms with Gasteiger partial charge in [0.15, 0.2) is 0 Å². The van der Waals surface area contributed by atoms with Crippen molar-refractivity contribution in [2.24, 2.45) is 0 Å². The zero-order valence-electron chi connectivity index (χ0n) is 12.0. The van der Waals surface area contributed by atoms with Crippen molar-refractivity contribution in [3.05, 3.63) is 65.2 Å². The lowest BCUT2D eigenvalue weighted by Crippen LogP contribution is -2.27. The summed E-state index contributed by atoms with van der Waals surface area (Å²) in [5.74, 6) is 0.0945. The molecule has 2 N–H and O–H groups in total. The predicted molar refractivity (Wildman–Crippen MR) is 82.2 cm³/mol. The molecule has 0 spiro atoms. The van der Waals surface area contributed by atoms with Crippen molar-refractivity contribution in [1.82, 2.24) is 4.90 Å². The van der Waals surface area contributed by atoms with Gasteiger partial charge in [0.05, 0.1) is 6.42 Å². The van der Waals surface area contributed by atoms with Crippen LogP contribution in [-0.2, 0) is 17.8 Å². The number of nitrogens with zero attached hydrogens (tertiary/aromatic N) is 1. The molecule has 0 fully saturated rings. The summed E-state index contributed by atoms with van der Waals surface area (Å²) in [6, 6.07) is 15.7. The summed E-state index contributed by atoms with van der Waals surface area (Å²) < 4.78 is 0. The maximum Gasteiger partial charge on any atom is 0.227 e. The van der Waals surface area contributed by atoms with E-state index < -0.39 is 0 Å². The summed E-state index contributed by atoms with van der Waals surface area (Å²) in [6.45, 7) is 2.68. The molecule has 0 heterocycles. The van der Waals surface area contributed by atoms with Gasteiger partial charge < -0.3 is 10.6 Å². The Morgan fingerprint density at radius 1 is 1.10 bits per heavy atom. The topological polar surface area (TPSA) is 46.3 Å². The van der Waals surface area contributed by atoms with Crippen molar-refractivity contribution in [3.63, 3.8) is 0 Å². The number of hydrogen-bond donors (Lipinski definition) is 1. The number of carbonyl (C=O) groups is 1. The summed E-state index contributed by atoms with van der Waals surface area (Å²) in [7, 11) is 1.83. The quantitative estimate of drug-likeness (QED) is 0.867. The van der Waals surface area contributed by atoms with E-state index in [1.807, 2.05) is 43.4 Å². The van der Waals surface area contributed by atoms with Gasteiger partial charge in [-0.2, -0.15) is 0 Å². The highest BCUT2D eigenvalue weighted by molar-refractivity contribution is 5.78. The Labute approximate surface area is 120 Å². The van der Waals surface area contributed by atoms with Gasteiger partial charge in [-0.25, -0.2) is 0 Å². The number of likely N-dealkylation sites (N-methyl/N-ethyl adjacent to an activating group) is 1. The second-order valence-corrected chi connectivity index (χ2v) is 5.16. The molecule has 2 aromatic carbocycles. The van der Waals surface area contributed by atoms with Crippen LogP contribution in [-0.4, -0.2) is 17.9 Å². The van der Waals surface area contributed by atoms with Crippen LogP contribution < -0.4 is 5.73 Å². The van der Waals surface area contributed by atoms with E-state index in [4.69, 9.17) is 5.73 Å². The molecule has 3 heteroatoms. The van der Waals surface area contributed by atoms with Gasteiger partial charge in [0, 0.05) is 19.3 Å². The first-order valence-corrected chi connectivity index (χ1v) is 6.68. The van der Waals surface area contributed by atoms with Crippen molar-refractivity contribution < 1.29 is 4.79 Å². The third kappa shape index (κ3) is 3.85. The third-order valence-corrected chi connectivity index (χ3v) is 3.23. The summed E-state index contributed by atoms with van der Waals surface area (Å²) in [4.78, 5) is 13.9. The molecular formula is C17H20N2O. The van der Waals surface area contributed by atoms with Crippen molar-refractivity contribution in [2.45, 2.75) is 19.9 Å². The van der Waals surface area contributed by atoms with Gasteiger partial charge >= 0.3 is 0 Å². The molecule has 20 heavy (non-hydrogen) atoms. The number of anilines is 1. The maximum atomic E-state index is 12.2. The van der Waals surface area contributed by atoms with Crippen LogP contribution in [0, 0.1) is 6.92 Å². The first kappa shape index (κ1) is 14.1. The second kappa shape index (κ2) is 6.24. The Morgan fingerprint density at radius 3 is 2.50 bits per heavy atom. The van der Waals surface area contributed by atoms with Gasteiger partial charge in [0.2, 0.25) is 5.91 Å². The second-order valence-electron chi connectivity index (χ2n) is 5.16. The Morgan fingerprint density at radius 2 is 1.80 bits per heavy atom. The molecule has 0 aliphatic heterocycles. The number of amides is 1. The number of nitrogen functional groups attached to an aromatic ring is 1. The van der Waals surface area contributed by atoms with Crippen molar-refractivity contribution in [1.29, 1.82) is 0 Å². The monoisotopic (exact) mass is 268 g/mol. The van der Waals surface area contributed by atoms with Crippen molar-refractivity contribution in [3.8, 4) is 0 Å². The summed E-state index contributed by atoms with van der Waals surface area (Å²) >= 11 is 0. The van der Waals surface area contributed by atoms with E-state index in [0.717, 1.165) is 11.1 Å². The van der Waals surface area contributed by atoms with Crippen LogP contribution in [0.4, 0.5) is 5.69 Å². The number of aryl methyl sites for hydroxylation is 1. The van der Waals surface area contributed by atoms with Gasteiger partial charge in [0.1, 0.15) is 0 Å². The molecule has 0 aromatic heterocycles. The maximum absolute atomic E-state index is 12.2. The smallest absolute Gasteiger partial charge is 0.227 e. The predicted octanol–water partition coefficient (Wildman–Crippen LogP) is 2.78. The minimum Gasteiger partial charge on any atom is -0.399 e. The molecule has 1 amide bonds. The van der Waals surface area contributed by atoms with E-state index in [1.165, 1.54) is 5.56 Å². The van der Waals surface area contributed by atoms with Crippen LogP contribution in [0.3, 0.4) is 0 Å². The van der Waals surface area contributed by atoms with E-state index in [2.05, 4.69) is 19.1 Å². The zero-order chi connectivity index (χ0) is 14.5. The van der Waals surface area contributed by atoms with E-state index in [1.54, 1.807) is 4.90 Å². The van der Waals surface area contributed by atoms with Gasteiger partial charge in [-0.15, -0.1) is 0 Å². The van der Waals surface area contributed by atoms with Crippen LogP contribution in [0.1, 0.15) is 16.7 Å². The van der Waals surface area contributed by atoms with E-state index in [0.29, 0.717) is 18.7 Å². The zero-order valence-corrected chi connectivity index (χ0v) is 12.0. The molecule has 0 atom stereocenters. The molecule has 2 aromatic rings. The molecule has 0 bridgehead atoms. The first-order chi connectivity index (χ1) is 9.54. The fourth-order valence-electron chi connectivity index (χ4n) is 2.19. The van der Waals surface area contributed by atoms with Gasteiger partial charge in [-0.05, 0) is 30.2 Å². The number of hydrogen-bond acceptors (Lipinski definition) is 2. The lowest BCUT2D eigenvalue weighted by molar-refractivity contribution is -0.129. The Kier molecular flexibility index (Phi) is 4.41. The average molecular weight is 268 g/mol. The molecular weight excluding hydrogens is 248 g/mol. The third-order valence-electron chi connectivity index (χ3n) is 3.23. The summed E-state index contributed by atoms with van der Waals surface area (Å²) in [6.07, 6.45) is 0.382. The van der Waals surface area contributed by atoms with Crippen LogP contribution in [0.15, 0.2) is 48.5 Å². The number of rotatable bonds is 4. The van der Waals surface area contributed by atoms with Crippen molar-refractivity contribution >= 4 is 11.6 Å². The van der Waals surface area contributed by atoms with Gasteiger partial charge in [-0.3, -0.25) is 4.79 Å². The SMILES string of the molecule is Cc1cccc(CN(C)C(=O)Cc2cccc(N)c2)c1. The molecule has 0 aliphatic rings. The normalized spacial score (nSPS) is 10.3. The van der Waals surface area contributed by atoms with E-state index in [-0.39, 0.29) is 5.91 Å². The highest BCUT2D eigenvalue weighted by atomic mass is 16.2. The highest BCUT2D eigenvalue weighted by Gasteiger charge is 2.10. The minimum atomic E-state index is 0.0945. The van der Waals surface area contributed by atoms with Gasteiger partial charge in [-0.1, -0.05) is 42.0 Å². The minimum absolute atomic E-state index is 0.0945. The number of nitrogens with two attached hydrogens (primary N) is 1. The van der Waals surface area contributed by atoms with Gasteiger partial charge in [0.25, 0.3) is 0 Å². The molecule has 0 aliphatic carbocycles. The molecule has 0 unspecified atom stereocenters. The molecule has 0 saturated heterocycles. The Hall–Kier alpha value is -2.29. The molecule has 0 radical (unpaired) electrons. The lowest BCUT2D eigenvalue weighted by atomic mass is 10.1. The molecule has 104 valence electrons. The standard InChI is InChI=1S/C17H20N2O/c1-13-5-3-7-15(9-13)12-19(2)17(20)11-14-6-4-8-16(18)10-14/h3-10H,11-12,18H2,1-2H3. The summed E-state index contributed by atoms with van der Waals surface area (Å²) in [5, 5.41) is 0. The van der Waals surface area contributed by atoms with Crippen molar-refractivity contribution in [2.75, 3.05) is 12.8 Å². The summed E-state index contributed by atoms with van der Waals surface area (Å²) in [5.41, 5.74) is 9.72. The molecule has 0 saturated carbocycles. The van der Waals surface area contributed by atoms with E-state index in [9.17, 15) is 4.79 Å². The Bertz CT molecular complexity index is 607. The number of benzene rings is 2. The van der Waals surface area contributed by atoms with E-state index >= 15 is 0 Å². The fourth-order valence-corrected chi connectivity index (χ4v) is 2.19. The first-order valence-electron chi connectivity index (χ1n) is 6.68. The van der Waals surface area contributed by atoms with Crippen LogP contribution in [0.5, 0.6) is 0 Å². The average Bonchev–Trinajstić information content (AvgIpc) is 2.38. The number of carbonyl (C=O) groups excluding carboxylic acids is 1. The highest BCUT2D eigenvalue weighted by Crippen LogP contribution is 2.11. The lowest BCUT2D eigenvalue weighted by Gasteiger charge is -2.17. The largest absolute Gasteiger partial charge is 0.399 e. The Balaban J connectivity index is 1.98. The molecule has 2 rings (SSSR count). The van der Waals surface area contributed by atoms with Crippen LogP contribution in [0.25, 0.3) is 0 Å².